The lowest BCUT2D eigenvalue weighted by molar-refractivity contribution is -0.385. The quantitative estimate of drug-likeness (QED) is 0.676. The Balaban J connectivity index is 2.46. The summed E-state index contributed by atoms with van der Waals surface area (Å²) in [6, 6.07) is 5.84. The Morgan fingerprint density at radius 2 is 2.21 bits per heavy atom. The zero-order valence-electron chi connectivity index (χ0n) is 9.34. The third-order valence-electron chi connectivity index (χ3n) is 2.17. The summed E-state index contributed by atoms with van der Waals surface area (Å²) in [5.41, 5.74) is 5.75. The molecule has 0 aliphatic heterocycles. The van der Waals surface area contributed by atoms with E-state index in [0.717, 1.165) is 0 Å². The van der Waals surface area contributed by atoms with E-state index in [4.69, 9.17) is 22.1 Å². The molecule has 2 N–H and O–H groups in total. The number of hydrogen-bond donors (Lipinski definition) is 1. The highest BCUT2D eigenvalue weighted by atomic mass is 79.9. The highest BCUT2D eigenvalue weighted by Gasteiger charge is 2.20. The lowest BCUT2D eigenvalue weighted by atomic mass is 10.3. The number of nitrogen functional groups attached to an aromatic ring is 1. The lowest BCUT2D eigenvalue weighted by Crippen LogP contribution is -1.97. The molecule has 0 atom stereocenters. The molecule has 0 fully saturated rings. The van der Waals surface area contributed by atoms with Crippen molar-refractivity contribution in [1.29, 1.82) is 0 Å². The number of nitro groups is 1. The maximum Gasteiger partial charge on any atom is 0.313 e. The van der Waals surface area contributed by atoms with Gasteiger partial charge in [0.1, 0.15) is 0 Å². The van der Waals surface area contributed by atoms with Crippen molar-refractivity contribution in [3.63, 3.8) is 0 Å². The molecule has 8 heteroatoms. The summed E-state index contributed by atoms with van der Waals surface area (Å²) in [6.45, 7) is 0. The number of nitrogens with two attached hydrogens (primary N) is 1. The van der Waals surface area contributed by atoms with Gasteiger partial charge < -0.3 is 10.5 Å². The highest BCUT2D eigenvalue weighted by molar-refractivity contribution is 9.10. The Bertz CT molecular complexity index is 651. The minimum absolute atomic E-state index is 0.0628. The van der Waals surface area contributed by atoms with E-state index in [1.54, 1.807) is 6.07 Å². The zero-order valence-corrected chi connectivity index (χ0v) is 11.7. The monoisotopic (exact) mass is 343 g/mol. The summed E-state index contributed by atoms with van der Waals surface area (Å²) < 4.78 is 5.87. The van der Waals surface area contributed by atoms with Crippen LogP contribution < -0.4 is 10.5 Å². The second-order valence-electron chi connectivity index (χ2n) is 3.50. The van der Waals surface area contributed by atoms with E-state index < -0.39 is 4.92 Å². The second-order valence-corrected chi connectivity index (χ2v) is 4.76. The van der Waals surface area contributed by atoms with E-state index in [1.165, 1.54) is 24.4 Å². The molecule has 1 aromatic heterocycles. The second kappa shape index (κ2) is 5.41. The molecule has 0 aliphatic carbocycles. The van der Waals surface area contributed by atoms with Gasteiger partial charge in [-0.25, -0.2) is 4.98 Å². The number of ether oxygens (including phenoxy) is 1. The first-order valence-electron chi connectivity index (χ1n) is 5.01. The van der Waals surface area contributed by atoms with Crippen LogP contribution in [0.3, 0.4) is 0 Å². The van der Waals surface area contributed by atoms with Gasteiger partial charge in [0.2, 0.25) is 11.6 Å². The average Bonchev–Trinajstić information content (AvgIpc) is 2.34. The van der Waals surface area contributed by atoms with Crippen LogP contribution in [0, 0.1) is 10.1 Å². The van der Waals surface area contributed by atoms with Crippen LogP contribution in [0.15, 0.2) is 34.9 Å². The Morgan fingerprint density at radius 1 is 1.47 bits per heavy atom. The number of benzene rings is 1. The summed E-state index contributed by atoms with van der Waals surface area (Å²) in [6.07, 6.45) is 1.38. The van der Waals surface area contributed by atoms with Gasteiger partial charge in [-0.15, -0.1) is 0 Å². The van der Waals surface area contributed by atoms with Gasteiger partial charge in [-0.05, 0) is 28.1 Å². The molecule has 0 aliphatic rings. The molecule has 98 valence electrons. The highest BCUT2D eigenvalue weighted by Crippen LogP contribution is 2.39. The molecular formula is C11H7BrClN3O3. The third kappa shape index (κ3) is 2.94. The van der Waals surface area contributed by atoms with Gasteiger partial charge in [-0.3, -0.25) is 10.1 Å². The molecule has 0 radical (unpaired) electrons. The van der Waals surface area contributed by atoms with Crippen LogP contribution in [0.1, 0.15) is 0 Å². The van der Waals surface area contributed by atoms with Crippen LogP contribution in [0.2, 0.25) is 5.02 Å². The molecule has 2 rings (SSSR count). The molecule has 0 saturated carbocycles. The third-order valence-corrected chi connectivity index (χ3v) is 3.04. The van der Waals surface area contributed by atoms with Crippen molar-refractivity contribution in [3.05, 3.63) is 50.1 Å². The largest absolute Gasteiger partial charge is 0.429 e. The van der Waals surface area contributed by atoms with Crippen LogP contribution >= 0.6 is 27.5 Å². The van der Waals surface area contributed by atoms with Crippen molar-refractivity contribution in [1.82, 2.24) is 4.98 Å². The van der Waals surface area contributed by atoms with E-state index >= 15 is 0 Å². The molecule has 2 aromatic rings. The van der Waals surface area contributed by atoms with Crippen molar-refractivity contribution >= 4 is 38.9 Å². The molecule has 0 spiro atoms. The van der Waals surface area contributed by atoms with Gasteiger partial charge in [0.05, 0.1) is 26.3 Å². The number of nitro benzene ring substituents is 1. The maximum atomic E-state index is 10.9. The first-order chi connectivity index (χ1) is 8.99. The van der Waals surface area contributed by atoms with Gasteiger partial charge in [0.25, 0.3) is 0 Å². The predicted molar refractivity (Wildman–Crippen MR) is 74.5 cm³/mol. The van der Waals surface area contributed by atoms with Crippen molar-refractivity contribution in [2.45, 2.75) is 0 Å². The Morgan fingerprint density at radius 3 is 2.84 bits per heavy atom. The first-order valence-corrected chi connectivity index (χ1v) is 6.18. The number of rotatable bonds is 3. The van der Waals surface area contributed by atoms with Gasteiger partial charge in [-0.2, -0.15) is 0 Å². The van der Waals surface area contributed by atoms with Crippen LogP contribution in [-0.4, -0.2) is 9.91 Å². The SMILES string of the molecule is Nc1cnc(Oc2c(Cl)cccc2[N+](=O)[O-])c(Br)c1. The standard InChI is InChI=1S/C11H7BrClN3O3/c12-7-4-6(14)5-15-11(7)19-10-8(13)2-1-3-9(10)16(17)18/h1-5H,14H2. The normalized spacial score (nSPS) is 10.2. The molecule has 6 nitrogen and oxygen atoms in total. The maximum absolute atomic E-state index is 10.9. The first kappa shape index (κ1) is 13.6. The van der Waals surface area contributed by atoms with Crippen molar-refractivity contribution in [2.24, 2.45) is 0 Å². The molecule has 0 unspecified atom stereocenters. The number of para-hydroxylation sites is 1. The number of aromatic nitrogens is 1. The predicted octanol–water partition coefficient (Wildman–Crippen LogP) is 3.78. The van der Waals surface area contributed by atoms with Crippen LogP contribution in [-0.2, 0) is 0 Å². The summed E-state index contributed by atoms with van der Waals surface area (Å²) in [5.74, 6) is 0.0811. The van der Waals surface area contributed by atoms with E-state index in [2.05, 4.69) is 20.9 Å². The molecule has 0 amide bonds. The van der Waals surface area contributed by atoms with Gasteiger partial charge >= 0.3 is 5.69 Å². The van der Waals surface area contributed by atoms with Crippen LogP contribution in [0.4, 0.5) is 11.4 Å². The Kier molecular flexibility index (Phi) is 3.87. The summed E-state index contributed by atoms with van der Waals surface area (Å²) in [5, 5.41) is 11.0. The number of hydrogen-bond acceptors (Lipinski definition) is 5. The number of anilines is 1. The number of halogens is 2. The minimum Gasteiger partial charge on any atom is -0.429 e. The Labute approximate surface area is 121 Å². The van der Waals surface area contributed by atoms with Gasteiger partial charge in [0, 0.05) is 6.07 Å². The fourth-order valence-electron chi connectivity index (χ4n) is 1.35. The average molecular weight is 345 g/mol. The molecule has 0 bridgehead atoms. The fourth-order valence-corrected chi connectivity index (χ4v) is 2.01. The van der Waals surface area contributed by atoms with E-state index in [9.17, 15) is 10.1 Å². The number of nitrogens with zero attached hydrogens (tertiary/aromatic N) is 2. The topological polar surface area (TPSA) is 91.3 Å². The van der Waals surface area contributed by atoms with Gasteiger partial charge in [0.15, 0.2) is 0 Å². The minimum atomic E-state index is -0.577. The lowest BCUT2D eigenvalue weighted by Gasteiger charge is -2.08. The molecular weight excluding hydrogens is 337 g/mol. The smallest absolute Gasteiger partial charge is 0.313 e. The summed E-state index contributed by atoms with van der Waals surface area (Å²) in [7, 11) is 0. The van der Waals surface area contributed by atoms with E-state index in [-0.39, 0.29) is 22.3 Å². The zero-order chi connectivity index (χ0) is 14.0. The Hall–Kier alpha value is -1.86. The molecule has 0 saturated heterocycles. The van der Waals surface area contributed by atoms with Crippen molar-refractivity contribution in [3.8, 4) is 11.6 Å². The van der Waals surface area contributed by atoms with Gasteiger partial charge in [-0.1, -0.05) is 17.7 Å². The van der Waals surface area contributed by atoms with Crippen LogP contribution in [0.25, 0.3) is 0 Å². The van der Waals surface area contributed by atoms with Crippen molar-refractivity contribution in [2.75, 3.05) is 5.73 Å². The van der Waals surface area contributed by atoms with Crippen molar-refractivity contribution < 1.29 is 9.66 Å². The fraction of sp³-hybridized carbons (Fsp3) is 0. The molecule has 1 heterocycles. The molecule has 19 heavy (non-hydrogen) atoms. The van der Waals surface area contributed by atoms with E-state index in [1.807, 2.05) is 0 Å². The summed E-state index contributed by atoms with van der Waals surface area (Å²) in [4.78, 5) is 14.3. The number of pyridine rings is 1. The molecule has 1 aromatic carbocycles. The van der Waals surface area contributed by atoms with E-state index in [0.29, 0.717) is 10.2 Å². The summed E-state index contributed by atoms with van der Waals surface area (Å²) >= 11 is 9.12. The van der Waals surface area contributed by atoms with Crippen LogP contribution in [0.5, 0.6) is 11.6 Å².